The van der Waals surface area contributed by atoms with E-state index in [9.17, 15) is 13.2 Å². The lowest BCUT2D eigenvalue weighted by Gasteiger charge is -2.26. The first-order chi connectivity index (χ1) is 12.9. The number of benzene rings is 1. The van der Waals surface area contributed by atoms with Gasteiger partial charge in [-0.2, -0.15) is 5.26 Å². The Kier molecular flexibility index (Phi) is 5.42. The second-order valence-corrected chi connectivity index (χ2v) is 8.62. The Balaban J connectivity index is 1.79. The molecule has 0 radical (unpaired) electrons. The van der Waals surface area contributed by atoms with E-state index < -0.39 is 9.84 Å². The molecule has 1 aromatic carbocycles. The fourth-order valence-corrected chi connectivity index (χ4v) is 4.93. The average molecular weight is 384 g/mol. The molecule has 1 aliphatic rings. The molecule has 0 bridgehead atoms. The molecule has 1 saturated heterocycles. The minimum absolute atomic E-state index is 0.00543. The zero-order chi connectivity index (χ0) is 19.4. The lowest BCUT2D eigenvalue weighted by molar-refractivity contribution is 0.0702. The van der Waals surface area contributed by atoms with Crippen LogP contribution in [0.5, 0.6) is 0 Å². The molecule has 140 valence electrons. The second kappa shape index (κ2) is 7.76. The van der Waals surface area contributed by atoms with Crippen LogP contribution in [0.4, 0.5) is 11.4 Å². The van der Waals surface area contributed by atoms with Gasteiger partial charge in [-0.1, -0.05) is 6.07 Å². The highest BCUT2D eigenvalue weighted by Gasteiger charge is 2.34. The van der Waals surface area contributed by atoms with E-state index in [-0.39, 0.29) is 29.1 Å². The molecule has 0 spiro atoms. The van der Waals surface area contributed by atoms with Crippen molar-refractivity contribution >= 4 is 27.1 Å². The lowest BCUT2D eigenvalue weighted by Crippen LogP contribution is -2.41. The Hall–Kier alpha value is -2.92. The second-order valence-electron chi connectivity index (χ2n) is 6.40. The summed E-state index contributed by atoms with van der Waals surface area (Å²) in [7, 11) is -3.07. The Morgan fingerprint density at radius 3 is 2.78 bits per heavy atom. The third-order valence-electron chi connectivity index (χ3n) is 4.51. The van der Waals surface area contributed by atoms with E-state index in [1.807, 2.05) is 13.0 Å². The predicted molar refractivity (Wildman–Crippen MR) is 102 cm³/mol. The van der Waals surface area contributed by atoms with Crippen LogP contribution in [-0.2, 0) is 9.84 Å². The molecule has 0 aliphatic carbocycles. The van der Waals surface area contributed by atoms with E-state index in [1.165, 1.54) is 6.20 Å². The predicted octanol–water partition coefficient (Wildman–Crippen LogP) is 2.35. The molecule has 3 rings (SSSR count). The summed E-state index contributed by atoms with van der Waals surface area (Å²) < 4.78 is 23.5. The van der Waals surface area contributed by atoms with Crippen LogP contribution in [-0.4, -0.2) is 48.3 Å². The van der Waals surface area contributed by atoms with Gasteiger partial charge in [-0.3, -0.25) is 9.78 Å². The van der Waals surface area contributed by atoms with E-state index in [0.29, 0.717) is 24.2 Å². The van der Waals surface area contributed by atoms with Crippen molar-refractivity contribution in [1.29, 1.82) is 5.26 Å². The zero-order valence-electron chi connectivity index (χ0n) is 14.9. The number of pyridine rings is 1. The number of anilines is 2. The number of nitrogens with one attached hydrogen (secondary N) is 1. The Morgan fingerprint density at radius 2 is 2.11 bits per heavy atom. The van der Waals surface area contributed by atoms with Gasteiger partial charge in [0.05, 0.1) is 23.1 Å². The van der Waals surface area contributed by atoms with Gasteiger partial charge in [0.15, 0.2) is 9.84 Å². The first-order valence-electron chi connectivity index (χ1n) is 8.66. The molecule has 7 nitrogen and oxygen atoms in total. The van der Waals surface area contributed by atoms with E-state index in [1.54, 1.807) is 35.2 Å². The van der Waals surface area contributed by atoms with Gasteiger partial charge in [0.1, 0.15) is 5.69 Å². The fraction of sp³-hybridized carbons (Fsp3) is 0.316. The van der Waals surface area contributed by atoms with Gasteiger partial charge in [0.2, 0.25) is 0 Å². The van der Waals surface area contributed by atoms with Crippen LogP contribution < -0.4 is 5.32 Å². The Bertz CT molecular complexity index is 998. The number of rotatable bonds is 5. The number of nitriles is 1. The van der Waals surface area contributed by atoms with Crippen molar-refractivity contribution in [3.63, 3.8) is 0 Å². The van der Waals surface area contributed by atoms with E-state index in [2.05, 4.69) is 16.4 Å². The van der Waals surface area contributed by atoms with Gasteiger partial charge >= 0.3 is 0 Å². The van der Waals surface area contributed by atoms with Gasteiger partial charge < -0.3 is 10.2 Å². The van der Waals surface area contributed by atoms with Crippen molar-refractivity contribution in [3.8, 4) is 6.07 Å². The summed E-state index contributed by atoms with van der Waals surface area (Å²) >= 11 is 0. The highest BCUT2D eigenvalue weighted by atomic mass is 32.2. The highest BCUT2D eigenvalue weighted by Crippen LogP contribution is 2.22. The van der Waals surface area contributed by atoms with Crippen molar-refractivity contribution in [3.05, 3.63) is 53.9 Å². The molecule has 1 fully saturated rings. The third kappa shape index (κ3) is 4.44. The number of amides is 1. The molecule has 2 aromatic rings. The van der Waals surface area contributed by atoms with Gasteiger partial charge in [-0.15, -0.1) is 0 Å². The van der Waals surface area contributed by atoms with Crippen molar-refractivity contribution in [2.45, 2.75) is 19.4 Å². The number of hydrogen-bond acceptors (Lipinski definition) is 6. The minimum Gasteiger partial charge on any atom is -0.355 e. The number of sulfone groups is 1. The SMILES string of the molecule is CCN(C(=O)c1cc(Nc2cccc(C#N)c2)ccn1)C1CCS(=O)(=O)C1. The Labute approximate surface area is 158 Å². The van der Waals surface area contributed by atoms with Crippen LogP contribution in [0.15, 0.2) is 42.6 Å². The van der Waals surface area contributed by atoms with E-state index in [0.717, 1.165) is 5.69 Å². The van der Waals surface area contributed by atoms with Gasteiger partial charge in [-0.05, 0) is 43.7 Å². The molecule has 0 saturated carbocycles. The van der Waals surface area contributed by atoms with Gasteiger partial charge in [-0.25, -0.2) is 8.42 Å². The van der Waals surface area contributed by atoms with Gasteiger partial charge in [0.25, 0.3) is 5.91 Å². The molecule has 2 heterocycles. The van der Waals surface area contributed by atoms with Crippen molar-refractivity contribution in [2.75, 3.05) is 23.4 Å². The summed E-state index contributed by atoms with van der Waals surface area (Å²) in [6, 6.07) is 12.2. The maximum atomic E-state index is 12.9. The maximum absolute atomic E-state index is 12.9. The summed E-state index contributed by atoms with van der Waals surface area (Å²) in [6.45, 7) is 2.25. The number of carbonyl (C=O) groups excluding carboxylic acids is 1. The van der Waals surface area contributed by atoms with Crippen LogP contribution in [0.3, 0.4) is 0 Å². The monoisotopic (exact) mass is 384 g/mol. The summed E-state index contributed by atoms with van der Waals surface area (Å²) in [5, 5.41) is 12.1. The van der Waals surface area contributed by atoms with Crippen LogP contribution in [0.2, 0.25) is 0 Å². The number of aromatic nitrogens is 1. The van der Waals surface area contributed by atoms with Crippen molar-refractivity contribution in [2.24, 2.45) is 0 Å². The van der Waals surface area contributed by atoms with Crippen LogP contribution in [0.25, 0.3) is 0 Å². The summed E-state index contributed by atoms with van der Waals surface area (Å²) in [4.78, 5) is 18.6. The number of carbonyl (C=O) groups is 1. The minimum atomic E-state index is -3.07. The molecular weight excluding hydrogens is 364 g/mol. The van der Waals surface area contributed by atoms with Crippen LogP contribution in [0, 0.1) is 11.3 Å². The fourth-order valence-electron chi connectivity index (χ4n) is 3.19. The quantitative estimate of drug-likeness (QED) is 0.849. The maximum Gasteiger partial charge on any atom is 0.272 e. The summed E-state index contributed by atoms with van der Waals surface area (Å²) in [5.74, 6) is -0.161. The molecule has 1 aromatic heterocycles. The Morgan fingerprint density at radius 1 is 1.33 bits per heavy atom. The topological polar surface area (TPSA) is 103 Å². The molecule has 1 atom stereocenters. The smallest absolute Gasteiger partial charge is 0.272 e. The molecule has 27 heavy (non-hydrogen) atoms. The van der Waals surface area contributed by atoms with Crippen molar-refractivity contribution in [1.82, 2.24) is 9.88 Å². The normalized spacial score (nSPS) is 17.9. The van der Waals surface area contributed by atoms with Gasteiger partial charge in [0, 0.05) is 30.2 Å². The first kappa shape index (κ1) is 18.9. The molecular formula is C19H20N4O3S. The zero-order valence-corrected chi connectivity index (χ0v) is 15.7. The van der Waals surface area contributed by atoms with E-state index in [4.69, 9.17) is 5.26 Å². The van der Waals surface area contributed by atoms with E-state index >= 15 is 0 Å². The molecule has 1 amide bonds. The first-order valence-corrected chi connectivity index (χ1v) is 10.5. The molecule has 1 aliphatic heterocycles. The summed E-state index contributed by atoms with van der Waals surface area (Å²) in [6.07, 6.45) is 1.99. The number of hydrogen-bond donors (Lipinski definition) is 1. The lowest BCUT2D eigenvalue weighted by atomic mass is 10.2. The molecule has 1 N–H and O–H groups in total. The summed E-state index contributed by atoms with van der Waals surface area (Å²) in [5.41, 5.74) is 2.18. The largest absolute Gasteiger partial charge is 0.355 e. The van der Waals surface area contributed by atoms with Crippen LogP contribution in [0.1, 0.15) is 29.4 Å². The molecule has 8 heteroatoms. The van der Waals surface area contributed by atoms with Crippen molar-refractivity contribution < 1.29 is 13.2 Å². The third-order valence-corrected chi connectivity index (χ3v) is 6.26. The number of nitrogens with zero attached hydrogens (tertiary/aromatic N) is 3. The highest BCUT2D eigenvalue weighted by molar-refractivity contribution is 7.91. The standard InChI is InChI=1S/C19H20N4O3S/c1-2-23(17-7-9-27(25,26)13-17)19(24)18-11-16(6-8-21-18)22-15-5-3-4-14(10-15)12-20/h3-6,8,10-11,17H,2,7,9,13H2,1H3,(H,21,22). The average Bonchev–Trinajstić information content (AvgIpc) is 3.02. The van der Waals surface area contributed by atoms with Crippen LogP contribution >= 0.6 is 0 Å². The molecule has 1 unspecified atom stereocenters.